The lowest BCUT2D eigenvalue weighted by atomic mass is 9.87. The maximum absolute atomic E-state index is 11.4. The fourth-order valence-corrected chi connectivity index (χ4v) is 5.90. The maximum atomic E-state index is 11.4. The Kier molecular flexibility index (Phi) is 18.9. The third-order valence-corrected chi connectivity index (χ3v) is 10.3. The van der Waals surface area contributed by atoms with Gasteiger partial charge >= 0.3 is 0 Å². The van der Waals surface area contributed by atoms with Gasteiger partial charge in [0.25, 0.3) is 0 Å². The molecule has 0 aliphatic heterocycles. The summed E-state index contributed by atoms with van der Waals surface area (Å²) in [5.74, 6) is 5.59. The zero-order chi connectivity index (χ0) is 41.6. The molecule has 6 heteroatoms. The maximum Gasteiger partial charge on any atom is 0.149 e. The summed E-state index contributed by atoms with van der Waals surface area (Å²) < 4.78 is 1.89. The molecule has 0 aliphatic rings. The predicted octanol–water partition coefficient (Wildman–Crippen LogP) is 13.6. The zero-order valence-corrected chi connectivity index (χ0v) is 39.6. The molecule has 0 aromatic heterocycles. The van der Waals surface area contributed by atoms with Crippen molar-refractivity contribution in [2.24, 2.45) is 5.41 Å². The zero-order valence-electron chi connectivity index (χ0n) is 34.9. The molecule has 0 heterocycles. The molecule has 4 aromatic carbocycles. The molecule has 0 N–H and O–H groups in total. The highest BCUT2D eigenvalue weighted by molar-refractivity contribution is 9.11. The molecule has 4 aromatic rings. The van der Waals surface area contributed by atoms with E-state index in [1.54, 1.807) is 0 Å². The highest BCUT2D eigenvalue weighted by atomic mass is 79.9. The van der Waals surface area contributed by atoms with Gasteiger partial charge in [-0.1, -0.05) is 129 Å². The number of ketones is 1. The van der Waals surface area contributed by atoms with Gasteiger partial charge in [-0.05, 0) is 132 Å². The van der Waals surface area contributed by atoms with Gasteiger partial charge in [0.15, 0.2) is 0 Å². The number of Topliss-reactive ketones (excluding diaryl/α,β-unsaturated/α-hetero) is 1. The fourth-order valence-electron chi connectivity index (χ4n) is 5.23. The van der Waals surface area contributed by atoms with Crippen LogP contribution in [0.25, 0.3) is 0 Å². The Hall–Kier alpha value is -2.97. The van der Waals surface area contributed by atoms with Gasteiger partial charge in [-0.25, -0.2) is 0 Å². The van der Waals surface area contributed by atoms with Gasteiger partial charge in [0, 0.05) is 63.8 Å². The largest absolute Gasteiger partial charge is 0.298 e. The standard InChI is InChI=1S/C22H23N.C18H21Br2N.C9H17BrO/c1-6-18-8-12-20(13-9-18)16-23(22(3,4)5)17-21-14-10-19(7-2)11-15-21;1-18(2,3)21(12-14-4-8-16(19)9-5-14)13-15-6-10-17(20)11-7-15;1-8(2,3)6-7(11)9(4,5)10/h1-2,8-15H,16-17H2,3-5H3;4-11H,12-13H2,1-3H3;6H2,1-5H3. The van der Waals surface area contributed by atoms with Crippen LogP contribution in [0, 0.1) is 30.1 Å². The predicted molar refractivity (Wildman–Crippen MR) is 247 cm³/mol. The number of hydrogen-bond acceptors (Lipinski definition) is 3. The molecular weight excluding hydrogens is 872 g/mol. The van der Waals surface area contributed by atoms with Crippen LogP contribution < -0.4 is 0 Å². The highest BCUT2D eigenvalue weighted by Gasteiger charge is 2.27. The first-order chi connectivity index (χ1) is 25.4. The van der Waals surface area contributed by atoms with Gasteiger partial charge in [0.05, 0.1) is 4.32 Å². The van der Waals surface area contributed by atoms with Crippen LogP contribution in [0.2, 0.25) is 0 Å². The summed E-state index contributed by atoms with van der Waals surface area (Å²) in [6.07, 6.45) is 11.5. The molecule has 0 spiro atoms. The van der Waals surface area contributed by atoms with Crippen molar-refractivity contribution in [1.29, 1.82) is 0 Å². The lowest BCUT2D eigenvalue weighted by molar-refractivity contribution is -0.122. The molecule has 0 bridgehead atoms. The van der Waals surface area contributed by atoms with Crippen molar-refractivity contribution >= 4 is 53.6 Å². The van der Waals surface area contributed by atoms with E-state index < -0.39 is 0 Å². The first kappa shape index (κ1) is 48.2. The van der Waals surface area contributed by atoms with Gasteiger partial charge in [0.2, 0.25) is 0 Å². The second kappa shape index (κ2) is 21.5. The van der Waals surface area contributed by atoms with Crippen molar-refractivity contribution in [3.05, 3.63) is 139 Å². The third-order valence-electron chi connectivity index (χ3n) is 8.81. The quantitative estimate of drug-likeness (QED) is 0.117. The minimum absolute atomic E-state index is 0.0651. The van der Waals surface area contributed by atoms with Crippen molar-refractivity contribution in [2.45, 2.75) is 124 Å². The Bertz CT molecular complexity index is 1730. The second-order valence-electron chi connectivity index (χ2n) is 17.6. The summed E-state index contributed by atoms with van der Waals surface area (Å²) in [6, 6.07) is 33.6. The molecule has 0 aliphatic carbocycles. The van der Waals surface area contributed by atoms with Crippen LogP contribution in [0.5, 0.6) is 0 Å². The van der Waals surface area contributed by atoms with Gasteiger partial charge in [-0.2, -0.15) is 0 Å². The number of carbonyl (C=O) groups excluding carboxylic acids is 1. The van der Waals surface area contributed by atoms with E-state index in [4.69, 9.17) is 12.8 Å². The first-order valence-corrected chi connectivity index (χ1v) is 21.1. The van der Waals surface area contributed by atoms with Crippen molar-refractivity contribution in [1.82, 2.24) is 9.80 Å². The van der Waals surface area contributed by atoms with Crippen molar-refractivity contribution < 1.29 is 4.79 Å². The molecule has 55 heavy (non-hydrogen) atoms. The molecule has 0 atom stereocenters. The smallest absolute Gasteiger partial charge is 0.149 e. The molecule has 0 amide bonds. The van der Waals surface area contributed by atoms with Crippen LogP contribution >= 0.6 is 47.8 Å². The number of halogens is 3. The van der Waals surface area contributed by atoms with Crippen LogP contribution in [0.4, 0.5) is 0 Å². The average Bonchev–Trinajstić information content (AvgIpc) is 3.09. The number of alkyl halides is 1. The lowest BCUT2D eigenvalue weighted by Gasteiger charge is -2.36. The van der Waals surface area contributed by atoms with Gasteiger partial charge < -0.3 is 0 Å². The number of rotatable bonds is 10. The Balaban J connectivity index is 0.000000303. The number of terminal acetylenes is 2. The molecule has 4 rings (SSSR count). The van der Waals surface area contributed by atoms with Crippen molar-refractivity contribution in [3.63, 3.8) is 0 Å². The number of nitrogens with zero attached hydrogens (tertiary/aromatic N) is 2. The molecule has 0 radical (unpaired) electrons. The minimum Gasteiger partial charge on any atom is -0.298 e. The average molecular weight is 934 g/mol. The summed E-state index contributed by atoms with van der Waals surface area (Å²) in [7, 11) is 0. The lowest BCUT2D eigenvalue weighted by Crippen LogP contribution is -2.40. The Labute approximate surface area is 359 Å². The molecule has 294 valence electrons. The van der Waals surface area contributed by atoms with E-state index in [1.807, 2.05) is 38.1 Å². The van der Waals surface area contributed by atoms with Gasteiger partial charge in [-0.15, -0.1) is 12.8 Å². The number of benzene rings is 4. The van der Waals surface area contributed by atoms with E-state index in [2.05, 4.69) is 205 Å². The van der Waals surface area contributed by atoms with Crippen LogP contribution in [0.15, 0.2) is 106 Å². The van der Waals surface area contributed by atoms with E-state index in [-0.39, 0.29) is 26.6 Å². The summed E-state index contributed by atoms with van der Waals surface area (Å²) >= 11 is 10.3. The van der Waals surface area contributed by atoms with Crippen LogP contribution in [-0.4, -0.2) is 31.0 Å². The molecule has 0 fully saturated rings. The summed E-state index contributed by atoms with van der Waals surface area (Å²) in [5, 5.41) is 0. The SMILES string of the molecule is C#Cc1ccc(CN(Cc2ccc(C#C)cc2)C(C)(C)C)cc1.CC(C)(C)CC(=O)C(C)(C)Br.CC(C)(C)N(Cc1ccc(Br)cc1)Cc1ccc(Br)cc1. The van der Waals surface area contributed by atoms with E-state index in [9.17, 15) is 4.79 Å². The van der Waals surface area contributed by atoms with E-state index in [0.717, 1.165) is 46.3 Å². The number of hydrogen-bond donors (Lipinski definition) is 0. The molecule has 3 nitrogen and oxygen atoms in total. The highest BCUT2D eigenvalue weighted by Crippen LogP contribution is 2.27. The Morgan fingerprint density at radius 2 is 0.764 bits per heavy atom. The van der Waals surface area contributed by atoms with E-state index >= 15 is 0 Å². The van der Waals surface area contributed by atoms with E-state index in [0.29, 0.717) is 6.42 Å². The summed E-state index contributed by atoms with van der Waals surface area (Å²) in [4.78, 5) is 16.4. The topological polar surface area (TPSA) is 23.6 Å². The third kappa shape index (κ3) is 19.2. The van der Waals surface area contributed by atoms with E-state index in [1.165, 1.54) is 22.3 Å². The second-order valence-corrected chi connectivity index (χ2v) is 21.4. The Morgan fingerprint density at radius 3 is 0.945 bits per heavy atom. The monoisotopic (exact) mass is 930 g/mol. The van der Waals surface area contributed by atoms with Crippen molar-refractivity contribution in [3.8, 4) is 24.7 Å². The number of carbonyl (C=O) groups is 1. The Morgan fingerprint density at radius 1 is 0.509 bits per heavy atom. The normalized spacial score (nSPS) is 11.8. The molecular formula is C49H61Br3N2O. The van der Waals surface area contributed by atoms with Crippen LogP contribution in [0.1, 0.15) is 116 Å². The van der Waals surface area contributed by atoms with Gasteiger partial charge in [0.1, 0.15) is 5.78 Å². The summed E-state index contributed by atoms with van der Waals surface area (Å²) in [6.45, 7) is 27.2. The fraction of sp³-hybridized carbons (Fsp3) is 0.408. The molecule has 0 unspecified atom stereocenters. The molecule has 0 saturated heterocycles. The van der Waals surface area contributed by atoms with Crippen LogP contribution in [0.3, 0.4) is 0 Å². The minimum atomic E-state index is -0.361. The molecule has 0 saturated carbocycles. The van der Waals surface area contributed by atoms with Gasteiger partial charge in [-0.3, -0.25) is 14.6 Å². The van der Waals surface area contributed by atoms with Crippen molar-refractivity contribution in [2.75, 3.05) is 0 Å². The van der Waals surface area contributed by atoms with Crippen LogP contribution in [-0.2, 0) is 31.0 Å². The first-order valence-electron chi connectivity index (χ1n) is 18.7. The summed E-state index contributed by atoms with van der Waals surface area (Å²) in [5.41, 5.74) is 7.33.